The van der Waals surface area contributed by atoms with Crippen molar-refractivity contribution in [1.82, 2.24) is 9.88 Å². The first-order chi connectivity index (χ1) is 10.3. The van der Waals surface area contributed by atoms with Crippen molar-refractivity contribution in [3.8, 4) is 6.07 Å². The quantitative estimate of drug-likeness (QED) is 0.846. The molecule has 0 atom stereocenters. The molecule has 0 aliphatic carbocycles. The molecule has 1 aromatic heterocycles. The third-order valence-electron chi connectivity index (χ3n) is 3.26. The lowest BCUT2D eigenvalue weighted by molar-refractivity contribution is 0.0240. The number of aromatic nitrogens is 1. The molecule has 1 aliphatic heterocycles. The minimum absolute atomic E-state index is 0.298. The fraction of sp³-hybridized carbons (Fsp3) is 0.533. The Kier molecular flexibility index (Phi) is 4.40. The Bertz CT molecular complexity index is 595. The molecular weight excluding hydrogens is 282 g/mol. The maximum Gasteiger partial charge on any atom is 0.410 e. The summed E-state index contributed by atoms with van der Waals surface area (Å²) in [5, 5.41) is 8.83. The standard InChI is InChI=1S/C15H21N5O2/c1-15(2,3)22-14(21)20-6-4-19(5-7-20)13-12(17)8-11(9-16)10-18-13/h8,10H,4-7,17H2,1-3H3. The average molecular weight is 303 g/mol. The summed E-state index contributed by atoms with van der Waals surface area (Å²) in [6.45, 7) is 7.91. The second-order valence-corrected chi connectivity index (χ2v) is 6.20. The highest BCUT2D eigenvalue weighted by molar-refractivity contribution is 5.69. The van der Waals surface area contributed by atoms with Gasteiger partial charge in [0.05, 0.1) is 11.3 Å². The molecule has 1 saturated heterocycles. The van der Waals surface area contributed by atoms with Crippen molar-refractivity contribution in [2.45, 2.75) is 26.4 Å². The smallest absolute Gasteiger partial charge is 0.410 e. The van der Waals surface area contributed by atoms with Crippen LogP contribution in [0, 0.1) is 11.3 Å². The summed E-state index contributed by atoms with van der Waals surface area (Å²) in [4.78, 5) is 20.0. The van der Waals surface area contributed by atoms with Gasteiger partial charge in [-0.3, -0.25) is 0 Å². The zero-order valence-electron chi connectivity index (χ0n) is 13.2. The van der Waals surface area contributed by atoms with E-state index >= 15 is 0 Å². The summed E-state index contributed by atoms with van der Waals surface area (Å²) in [5.74, 6) is 0.655. The van der Waals surface area contributed by atoms with Crippen molar-refractivity contribution in [3.05, 3.63) is 17.8 Å². The Morgan fingerprint density at radius 3 is 2.50 bits per heavy atom. The van der Waals surface area contributed by atoms with Crippen LogP contribution in [0.25, 0.3) is 0 Å². The third kappa shape index (κ3) is 3.79. The predicted molar refractivity (Wildman–Crippen MR) is 83.4 cm³/mol. The van der Waals surface area contributed by atoms with Crippen LogP contribution in [0.3, 0.4) is 0 Å². The van der Waals surface area contributed by atoms with Crippen LogP contribution >= 0.6 is 0 Å². The highest BCUT2D eigenvalue weighted by atomic mass is 16.6. The minimum Gasteiger partial charge on any atom is -0.444 e. The molecule has 0 aromatic carbocycles. The maximum atomic E-state index is 12.0. The van der Waals surface area contributed by atoms with Crippen LogP contribution in [-0.2, 0) is 4.74 Å². The van der Waals surface area contributed by atoms with E-state index in [0.717, 1.165) is 0 Å². The molecule has 2 rings (SSSR count). The van der Waals surface area contributed by atoms with Crippen molar-refractivity contribution in [3.63, 3.8) is 0 Å². The van der Waals surface area contributed by atoms with E-state index in [4.69, 9.17) is 15.7 Å². The third-order valence-corrected chi connectivity index (χ3v) is 3.26. The van der Waals surface area contributed by atoms with Crippen LogP contribution in [0.4, 0.5) is 16.3 Å². The van der Waals surface area contributed by atoms with E-state index in [1.807, 2.05) is 31.7 Å². The first kappa shape index (κ1) is 15.9. The van der Waals surface area contributed by atoms with E-state index in [0.29, 0.717) is 43.2 Å². The van der Waals surface area contributed by atoms with Gasteiger partial charge in [-0.1, -0.05) is 0 Å². The lowest BCUT2D eigenvalue weighted by Crippen LogP contribution is -2.50. The van der Waals surface area contributed by atoms with Crippen LogP contribution in [0.5, 0.6) is 0 Å². The zero-order chi connectivity index (χ0) is 16.3. The summed E-state index contributed by atoms with van der Waals surface area (Å²) in [7, 11) is 0. The molecule has 7 heteroatoms. The molecule has 0 saturated carbocycles. The highest BCUT2D eigenvalue weighted by Gasteiger charge is 2.26. The van der Waals surface area contributed by atoms with Crippen LogP contribution in [-0.4, -0.2) is 47.8 Å². The van der Waals surface area contributed by atoms with Crippen molar-refractivity contribution in [2.75, 3.05) is 36.8 Å². The van der Waals surface area contributed by atoms with Gasteiger partial charge in [-0.2, -0.15) is 5.26 Å². The van der Waals surface area contributed by atoms with Crippen LogP contribution in [0.2, 0.25) is 0 Å². The van der Waals surface area contributed by atoms with Crippen LogP contribution < -0.4 is 10.6 Å². The number of nitriles is 1. The van der Waals surface area contributed by atoms with Crippen LogP contribution in [0.15, 0.2) is 12.3 Å². The van der Waals surface area contributed by atoms with E-state index < -0.39 is 5.60 Å². The molecule has 1 aromatic rings. The zero-order valence-corrected chi connectivity index (χ0v) is 13.2. The Morgan fingerprint density at radius 1 is 1.36 bits per heavy atom. The Hall–Kier alpha value is -2.49. The molecule has 0 bridgehead atoms. The summed E-state index contributed by atoms with van der Waals surface area (Å²) < 4.78 is 5.36. The normalized spacial score (nSPS) is 15.4. The Morgan fingerprint density at radius 2 is 2.00 bits per heavy atom. The van der Waals surface area contributed by atoms with Crippen LogP contribution in [0.1, 0.15) is 26.3 Å². The summed E-state index contributed by atoms with van der Waals surface area (Å²) >= 11 is 0. The topological polar surface area (TPSA) is 95.5 Å². The largest absolute Gasteiger partial charge is 0.444 e. The SMILES string of the molecule is CC(C)(C)OC(=O)N1CCN(c2ncc(C#N)cc2N)CC1. The monoisotopic (exact) mass is 303 g/mol. The number of anilines is 2. The average Bonchev–Trinajstić information content (AvgIpc) is 2.45. The van der Waals surface area contributed by atoms with Crippen molar-refractivity contribution < 1.29 is 9.53 Å². The van der Waals surface area contributed by atoms with Gasteiger partial charge < -0.3 is 20.3 Å². The first-order valence-electron chi connectivity index (χ1n) is 7.18. The summed E-state index contributed by atoms with van der Waals surface area (Å²) in [5.41, 5.74) is 6.37. The molecule has 0 radical (unpaired) electrons. The van der Waals surface area contributed by atoms with Gasteiger partial charge in [-0.15, -0.1) is 0 Å². The van der Waals surface area contributed by atoms with Gasteiger partial charge in [0.1, 0.15) is 11.7 Å². The molecule has 0 spiro atoms. The molecule has 0 unspecified atom stereocenters. The van der Waals surface area contributed by atoms with Gasteiger partial charge in [0.2, 0.25) is 0 Å². The van der Waals surface area contributed by atoms with Crippen molar-refractivity contribution in [2.24, 2.45) is 0 Å². The van der Waals surface area contributed by atoms with Gasteiger partial charge in [0.25, 0.3) is 0 Å². The van der Waals surface area contributed by atoms with E-state index in [2.05, 4.69) is 4.98 Å². The second kappa shape index (κ2) is 6.10. The molecule has 118 valence electrons. The van der Waals surface area contributed by atoms with Crippen molar-refractivity contribution >= 4 is 17.6 Å². The molecule has 1 aliphatic rings. The summed E-state index contributed by atoms with van der Waals surface area (Å²) in [6.07, 6.45) is 1.21. The molecule has 1 fully saturated rings. The predicted octanol–water partition coefficient (Wildman–Crippen LogP) is 1.59. The number of piperazine rings is 1. The van der Waals surface area contributed by atoms with Gasteiger partial charge in [0, 0.05) is 32.4 Å². The minimum atomic E-state index is -0.493. The molecular formula is C15H21N5O2. The molecule has 2 N–H and O–H groups in total. The molecule has 1 amide bonds. The fourth-order valence-corrected chi connectivity index (χ4v) is 2.23. The van der Waals surface area contributed by atoms with E-state index in [1.165, 1.54) is 6.20 Å². The lowest BCUT2D eigenvalue weighted by atomic mass is 10.2. The lowest BCUT2D eigenvalue weighted by Gasteiger charge is -2.36. The number of ether oxygens (including phenoxy) is 1. The van der Waals surface area contributed by atoms with E-state index in [-0.39, 0.29) is 6.09 Å². The van der Waals surface area contributed by atoms with Gasteiger partial charge in [-0.25, -0.2) is 9.78 Å². The number of carbonyl (C=O) groups excluding carboxylic acids is 1. The number of nitrogens with two attached hydrogens (primary N) is 1. The van der Waals surface area contributed by atoms with Gasteiger partial charge in [0.15, 0.2) is 5.82 Å². The maximum absolute atomic E-state index is 12.0. The van der Waals surface area contributed by atoms with Gasteiger partial charge >= 0.3 is 6.09 Å². The van der Waals surface area contributed by atoms with E-state index in [9.17, 15) is 4.79 Å². The second-order valence-electron chi connectivity index (χ2n) is 6.20. The summed E-state index contributed by atoms with van der Waals surface area (Å²) in [6, 6.07) is 3.62. The number of nitrogen functional groups attached to an aromatic ring is 1. The number of hydrogen-bond donors (Lipinski definition) is 1. The number of carbonyl (C=O) groups is 1. The number of pyridine rings is 1. The van der Waals surface area contributed by atoms with Crippen molar-refractivity contribution in [1.29, 1.82) is 5.26 Å². The Balaban J connectivity index is 1.98. The Labute approximate surface area is 130 Å². The number of hydrogen-bond acceptors (Lipinski definition) is 6. The number of nitrogens with zero attached hydrogens (tertiary/aromatic N) is 4. The first-order valence-corrected chi connectivity index (χ1v) is 7.18. The van der Waals surface area contributed by atoms with E-state index in [1.54, 1.807) is 11.0 Å². The number of rotatable bonds is 1. The molecule has 2 heterocycles. The molecule has 22 heavy (non-hydrogen) atoms. The molecule has 7 nitrogen and oxygen atoms in total. The fourth-order valence-electron chi connectivity index (χ4n) is 2.23. The van der Waals surface area contributed by atoms with Gasteiger partial charge in [-0.05, 0) is 26.8 Å². The number of amides is 1. The highest BCUT2D eigenvalue weighted by Crippen LogP contribution is 2.22.